The standard InChI is InChI=1S/C25H22O6/c1-28-18-8-5-16(6-9-18)25-20(12-15-4-10-22(29-2)23(13-15)30-3)24(27)19-14-17(26)7-11-21(19)31-25/h4-14,25-26H,1-3H3. The molecular formula is C25H22O6. The van der Waals surface area contributed by atoms with E-state index in [0.717, 1.165) is 11.1 Å². The second-order valence-corrected chi connectivity index (χ2v) is 6.99. The van der Waals surface area contributed by atoms with Gasteiger partial charge in [-0.1, -0.05) is 18.2 Å². The normalized spacial score (nSPS) is 16.4. The van der Waals surface area contributed by atoms with Crippen LogP contribution in [0.25, 0.3) is 6.08 Å². The van der Waals surface area contributed by atoms with E-state index in [9.17, 15) is 9.90 Å². The number of methoxy groups -OCH3 is 3. The molecule has 6 nitrogen and oxygen atoms in total. The van der Waals surface area contributed by atoms with Crippen LogP contribution in [0.4, 0.5) is 0 Å². The van der Waals surface area contributed by atoms with Crippen molar-refractivity contribution in [3.63, 3.8) is 0 Å². The third-order valence-electron chi connectivity index (χ3n) is 5.15. The first kappa shape index (κ1) is 20.3. The summed E-state index contributed by atoms with van der Waals surface area (Å²) in [7, 11) is 4.72. The van der Waals surface area contributed by atoms with Gasteiger partial charge in [-0.05, 0) is 59.7 Å². The van der Waals surface area contributed by atoms with Crippen LogP contribution in [0.1, 0.15) is 27.6 Å². The SMILES string of the molecule is COc1ccc(C2Oc3ccc(O)cc3C(=O)C2=Cc2ccc(OC)c(OC)c2)cc1. The second-order valence-electron chi connectivity index (χ2n) is 6.99. The van der Waals surface area contributed by atoms with Gasteiger partial charge in [0, 0.05) is 5.57 Å². The number of ketones is 1. The number of hydrogen-bond acceptors (Lipinski definition) is 6. The lowest BCUT2D eigenvalue weighted by Gasteiger charge is -2.28. The minimum Gasteiger partial charge on any atom is -0.508 e. The molecule has 0 spiro atoms. The maximum absolute atomic E-state index is 13.4. The molecule has 4 rings (SSSR count). The Morgan fingerprint density at radius 1 is 0.871 bits per heavy atom. The van der Waals surface area contributed by atoms with Crippen molar-refractivity contribution in [3.05, 3.63) is 82.9 Å². The molecule has 0 bridgehead atoms. The van der Waals surface area contributed by atoms with E-state index < -0.39 is 6.10 Å². The minimum atomic E-state index is -0.622. The number of fused-ring (bicyclic) bond motifs is 1. The summed E-state index contributed by atoms with van der Waals surface area (Å²) < 4.78 is 22.1. The largest absolute Gasteiger partial charge is 0.508 e. The van der Waals surface area contributed by atoms with Crippen molar-refractivity contribution in [3.8, 4) is 28.7 Å². The summed E-state index contributed by atoms with van der Waals surface area (Å²) >= 11 is 0. The van der Waals surface area contributed by atoms with E-state index in [4.69, 9.17) is 18.9 Å². The van der Waals surface area contributed by atoms with Crippen LogP contribution in [0.2, 0.25) is 0 Å². The first-order valence-electron chi connectivity index (χ1n) is 9.66. The quantitative estimate of drug-likeness (QED) is 0.599. The average Bonchev–Trinajstić information content (AvgIpc) is 2.81. The van der Waals surface area contributed by atoms with E-state index in [1.165, 1.54) is 12.1 Å². The fourth-order valence-corrected chi connectivity index (χ4v) is 3.55. The average molecular weight is 418 g/mol. The Morgan fingerprint density at radius 2 is 1.61 bits per heavy atom. The summed E-state index contributed by atoms with van der Waals surface area (Å²) in [5.74, 6) is 2.07. The number of aromatic hydroxyl groups is 1. The van der Waals surface area contributed by atoms with Crippen LogP contribution >= 0.6 is 0 Å². The number of hydrogen-bond donors (Lipinski definition) is 1. The van der Waals surface area contributed by atoms with E-state index in [1.54, 1.807) is 45.6 Å². The highest BCUT2D eigenvalue weighted by Gasteiger charge is 2.33. The van der Waals surface area contributed by atoms with Crippen molar-refractivity contribution >= 4 is 11.9 Å². The van der Waals surface area contributed by atoms with Crippen molar-refractivity contribution in [1.82, 2.24) is 0 Å². The Bertz CT molecular complexity index is 1150. The molecule has 1 N–H and O–H groups in total. The van der Waals surface area contributed by atoms with Gasteiger partial charge in [-0.15, -0.1) is 0 Å². The van der Waals surface area contributed by atoms with E-state index in [1.807, 2.05) is 30.3 Å². The van der Waals surface area contributed by atoms with Crippen molar-refractivity contribution < 1.29 is 28.8 Å². The van der Waals surface area contributed by atoms with Gasteiger partial charge >= 0.3 is 0 Å². The van der Waals surface area contributed by atoms with Gasteiger partial charge in [-0.3, -0.25) is 4.79 Å². The first-order valence-corrected chi connectivity index (χ1v) is 9.66. The summed E-state index contributed by atoms with van der Waals surface area (Å²) in [5.41, 5.74) is 2.32. The molecule has 0 amide bonds. The van der Waals surface area contributed by atoms with Gasteiger partial charge in [0.2, 0.25) is 0 Å². The van der Waals surface area contributed by atoms with Crippen LogP contribution in [0.5, 0.6) is 28.7 Å². The molecule has 1 heterocycles. The van der Waals surface area contributed by atoms with Gasteiger partial charge < -0.3 is 24.1 Å². The zero-order chi connectivity index (χ0) is 22.0. The molecule has 0 saturated heterocycles. The molecular weight excluding hydrogens is 396 g/mol. The Labute approximate surface area is 180 Å². The van der Waals surface area contributed by atoms with Crippen molar-refractivity contribution in [2.45, 2.75) is 6.10 Å². The van der Waals surface area contributed by atoms with Gasteiger partial charge in [0.15, 0.2) is 23.4 Å². The Morgan fingerprint density at radius 3 is 2.29 bits per heavy atom. The fraction of sp³-hybridized carbons (Fsp3) is 0.160. The molecule has 0 saturated carbocycles. The van der Waals surface area contributed by atoms with Gasteiger partial charge in [0.1, 0.15) is 17.2 Å². The molecule has 0 fully saturated rings. The maximum Gasteiger partial charge on any atom is 0.196 e. The lowest BCUT2D eigenvalue weighted by atomic mass is 9.89. The topological polar surface area (TPSA) is 74.2 Å². The van der Waals surface area contributed by atoms with Crippen LogP contribution in [0.3, 0.4) is 0 Å². The highest BCUT2D eigenvalue weighted by atomic mass is 16.5. The molecule has 0 aliphatic carbocycles. The second kappa shape index (κ2) is 8.44. The van der Waals surface area contributed by atoms with Crippen LogP contribution in [-0.2, 0) is 0 Å². The van der Waals surface area contributed by atoms with Gasteiger partial charge in [0.05, 0.1) is 26.9 Å². The molecule has 3 aromatic rings. The van der Waals surface area contributed by atoms with E-state index in [2.05, 4.69) is 0 Å². The first-order chi connectivity index (χ1) is 15.0. The predicted octanol–water partition coefficient (Wildman–Crippen LogP) is 4.82. The van der Waals surface area contributed by atoms with Crippen molar-refractivity contribution in [1.29, 1.82) is 0 Å². The number of rotatable bonds is 5. The highest BCUT2D eigenvalue weighted by Crippen LogP contribution is 2.41. The number of carbonyl (C=O) groups excluding carboxylic acids is 1. The summed E-state index contributed by atoms with van der Waals surface area (Å²) in [4.78, 5) is 13.4. The number of benzene rings is 3. The Kier molecular flexibility index (Phi) is 5.54. The maximum atomic E-state index is 13.4. The molecule has 0 aromatic heterocycles. The third kappa shape index (κ3) is 3.92. The van der Waals surface area contributed by atoms with Gasteiger partial charge in [-0.2, -0.15) is 0 Å². The number of phenols is 1. The Hall–Kier alpha value is -3.93. The van der Waals surface area contributed by atoms with E-state index >= 15 is 0 Å². The van der Waals surface area contributed by atoms with Crippen LogP contribution < -0.4 is 18.9 Å². The van der Waals surface area contributed by atoms with E-state index in [0.29, 0.717) is 34.1 Å². The summed E-state index contributed by atoms with van der Waals surface area (Å²) in [6.45, 7) is 0. The number of Topliss-reactive ketones (excluding diaryl/α,β-unsaturated/α-hetero) is 1. The highest BCUT2D eigenvalue weighted by molar-refractivity contribution is 6.14. The van der Waals surface area contributed by atoms with Gasteiger partial charge in [-0.25, -0.2) is 0 Å². The van der Waals surface area contributed by atoms with Gasteiger partial charge in [0.25, 0.3) is 0 Å². The molecule has 1 aliphatic heterocycles. The van der Waals surface area contributed by atoms with Crippen molar-refractivity contribution in [2.24, 2.45) is 0 Å². The van der Waals surface area contributed by atoms with Crippen LogP contribution in [0, 0.1) is 0 Å². The predicted molar refractivity (Wildman–Crippen MR) is 116 cm³/mol. The van der Waals surface area contributed by atoms with Crippen LogP contribution in [-0.4, -0.2) is 32.2 Å². The zero-order valence-corrected chi connectivity index (χ0v) is 17.4. The number of phenolic OH excluding ortho intramolecular Hbond substituents is 1. The molecule has 158 valence electrons. The summed E-state index contributed by atoms with van der Waals surface area (Å²) in [5, 5.41) is 9.88. The third-order valence-corrected chi connectivity index (χ3v) is 5.15. The Balaban J connectivity index is 1.84. The molecule has 1 unspecified atom stereocenters. The fourth-order valence-electron chi connectivity index (χ4n) is 3.55. The molecule has 1 aliphatic rings. The smallest absolute Gasteiger partial charge is 0.196 e. The lowest BCUT2D eigenvalue weighted by Crippen LogP contribution is -2.23. The molecule has 3 aromatic carbocycles. The van der Waals surface area contributed by atoms with Crippen molar-refractivity contribution in [2.75, 3.05) is 21.3 Å². The molecule has 6 heteroatoms. The van der Waals surface area contributed by atoms with Crippen LogP contribution in [0.15, 0.2) is 66.2 Å². The molecule has 0 radical (unpaired) electrons. The monoisotopic (exact) mass is 418 g/mol. The molecule has 31 heavy (non-hydrogen) atoms. The summed E-state index contributed by atoms with van der Waals surface area (Å²) in [6, 6.07) is 17.3. The minimum absolute atomic E-state index is 0.00376. The summed E-state index contributed by atoms with van der Waals surface area (Å²) in [6.07, 6.45) is 1.15. The number of carbonyl (C=O) groups is 1. The molecule has 1 atom stereocenters. The lowest BCUT2D eigenvalue weighted by molar-refractivity contribution is 0.0963. The zero-order valence-electron chi connectivity index (χ0n) is 17.4. The number of ether oxygens (including phenoxy) is 4. The van der Waals surface area contributed by atoms with E-state index in [-0.39, 0.29) is 11.5 Å².